The molecule has 4 heterocycles. The Kier molecular flexibility index (Phi) is 5.06. The summed E-state index contributed by atoms with van der Waals surface area (Å²) < 4.78 is 28.0. The average Bonchev–Trinajstić information content (AvgIpc) is 3.08. The number of carbonyl (C=O) groups is 3. The molecule has 1 aromatic rings. The molecule has 182 valence electrons. The van der Waals surface area contributed by atoms with Gasteiger partial charge in [0.25, 0.3) is 0 Å². The molecular weight excluding hydrogens is 452 g/mol. The monoisotopic (exact) mass is 476 g/mol. The van der Waals surface area contributed by atoms with Crippen molar-refractivity contribution in [2.24, 2.45) is 11.8 Å². The van der Waals surface area contributed by atoms with Gasteiger partial charge in [0.15, 0.2) is 6.10 Å². The van der Waals surface area contributed by atoms with Crippen molar-refractivity contribution in [1.29, 1.82) is 0 Å². The molecule has 2 bridgehead atoms. The zero-order chi connectivity index (χ0) is 24.5. The summed E-state index contributed by atoms with van der Waals surface area (Å²) in [6.45, 7) is 3.58. The van der Waals surface area contributed by atoms with Crippen molar-refractivity contribution in [3.8, 4) is 0 Å². The van der Waals surface area contributed by atoms with Crippen LogP contribution in [0.4, 0.5) is 5.88 Å². The van der Waals surface area contributed by atoms with E-state index in [-0.39, 0.29) is 23.2 Å². The number of rotatable bonds is 4. The smallest absolute Gasteiger partial charge is 0.433 e. The summed E-state index contributed by atoms with van der Waals surface area (Å²) >= 11 is 0. The van der Waals surface area contributed by atoms with E-state index in [0.29, 0.717) is 6.42 Å². The van der Waals surface area contributed by atoms with Crippen LogP contribution < -0.4 is 0 Å². The van der Waals surface area contributed by atoms with E-state index in [0.717, 1.165) is 12.1 Å². The summed E-state index contributed by atoms with van der Waals surface area (Å²) in [5.41, 5.74) is -0.509. The van der Waals surface area contributed by atoms with Crippen molar-refractivity contribution in [2.45, 2.75) is 56.3 Å². The predicted octanol–water partition coefficient (Wildman–Crippen LogP) is 1.23. The van der Waals surface area contributed by atoms with Crippen molar-refractivity contribution in [2.75, 3.05) is 14.1 Å². The van der Waals surface area contributed by atoms with Gasteiger partial charge < -0.3 is 23.4 Å². The van der Waals surface area contributed by atoms with Gasteiger partial charge in [0.05, 0.1) is 29.2 Å². The van der Waals surface area contributed by atoms with Crippen LogP contribution in [0.1, 0.15) is 30.8 Å². The van der Waals surface area contributed by atoms with Crippen molar-refractivity contribution in [1.82, 2.24) is 4.90 Å². The maximum atomic E-state index is 12.9. The number of esters is 3. The van der Waals surface area contributed by atoms with Crippen molar-refractivity contribution < 1.29 is 42.7 Å². The molecule has 3 aliphatic heterocycles. The van der Waals surface area contributed by atoms with E-state index < -0.39 is 64.7 Å². The van der Waals surface area contributed by atoms with Gasteiger partial charge in [-0.1, -0.05) is 6.92 Å². The number of hydrogen-bond acceptors (Lipinski definition) is 11. The lowest BCUT2D eigenvalue weighted by Crippen LogP contribution is -2.49. The lowest BCUT2D eigenvalue weighted by Gasteiger charge is -2.32. The second-order valence-corrected chi connectivity index (χ2v) is 9.56. The molecule has 2 fully saturated rings. The number of nitro groups is 1. The molecule has 5 rings (SSSR count). The molecule has 8 atom stereocenters. The van der Waals surface area contributed by atoms with Crippen LogP contribution in [-0.2, 0) is 28.5 Å². The lowest BCUT2D eigenvalue weighted by atomic mass is 9.79. The van der Waals surface area contributed by atoms with Crippen LogP contribution in [0.5, 0.6) is 0 Å². The summed E-state index contributed by atoms with van der Waals surface area (Å²) in [5, 5.41) is 10.9. The second-order valence-electron chi connectivity index (χ2n) is 9.56. The SMILES string of the molecule is CC1C(=O)O[C@H]2C[C@]3(C)O[C@H]3[C@H](OC(=O)c3ccc([N+](=O)[O-])o3)[C@@H](N(C)C)C3=C[C@@H](OC3=O)[C@H]12. The zero-order valence-electron chi connectivity index (χ0n) is 19.0. The lowest BCUT2D eigenvalue weighted by molar-refractivity contribution is -0.402. The molecule has 12 heteroatoms. The summed E-state index contributed by atoms with van der Waals surface area (Å²) in [6, 6.07) is 1.48. The number of nitrogens with zero attached hydrogens (tertiary/aromatic N) is 2. The average molecular weight is 476 g/mol. The number of likely N-dealkylation sites (N-methyl/N-ethyl adjacent to an activating group) is 1. The predicted molar refractivity (Wildman–Crippen MR) is 110 cm³/mol. The topological polar surface area (TPSA) is 151 Å². The fraction of sp³-hybridized carbons (Fsp3) is 0.591. The summed E-state index contributed by atoms with van der Waals surface area (Å²) in [5.74, 6) is -3.62. The van der Waals surface area contributed by atoms with Gasteiger partial charge in [0, 0.05) is 12.3 Å². The van der Waals surface area contributed by atoms with Gasteiger partial charge >= 0.3 is 23.8 Å². The molecule has 0 radical (unpaired) electrons. The second kappa shape index (κ2) is 7.64. The maximum absolute atomic E-state index is 12.9. The summed E-state index contributed by atoms with van der Waals surface area (Å²) in [4.78, 5) is 50.0. The first-order valence-electron chi connectivity index (χ1n) is 10.9. The quantitative estimate of drug-likeness (QED) is 0.203. The minimum absolute atomic E-state index is 0.281. The van der Waals surface area contributed by atoms with Gasteiger partial charge in [-0.2, -0.15) is 0 Å². The van der Waals surface area contributed by atoms with Crippen LogP contribution in [0.3, 0.4) is 0 Å². The number of carbonyl (C=O) groups excluding carboxylic acids is 3. The Morgan fingerprint density at radius 2 is 2.00 bits per heavy atom. The molecule has 2 saturated heterocycles. The highest BCUT2D eigenvalue weighted by molar-refractivity contribution is 5.93. The summed E-state index contributed by atoms with van der Waals surface area (Å²) in [7, 11) is 3.45. The standard InChI is InChI=1S/C22H24N2O10/c1-9-15-12-7-10(20(26)31-12)16(23(3)4)17(18-22(2,34-18)8-13(15)32-19(9)25)33-21(27)11-5-6-14(30-11)24(28)29/h5-7,9,12-13,15-18H,8H2,1-4H3/t9?,12-,13+,15+,16+,17-,18+,22+/m1/s1. The molecule has 1 aromatic heterocycles. The molecular formula is C22H24N2O10. The molecule has 0 amide bonds. The van der Waals surface area contributed by atoms with Crippen molar-refractivity contribution in [3.63, 3.8) is 0 Å². The van der Waals surface area contributed by atoms with E-state index in [9.17, 15) is 24.5 Å². The minimum Gasteiger partial charge on any atom is -0.462 e. The van der Waals surface area contributed by atoms with Gasteiger partial charge in [-0.3, -0.25) is 19.8 Å². The zero-order valence-corrected chi connectivity index (χ0v) is 19.0. The third-order valence-corrected chi connectivity index (χ3v) is 7.10. The van der Waals surface area contributed by atoms with Crippen molar-refractivity contribution >= 4 is 23.8 Å². The molecule has 0 aromatic carbocycles. The highest BCUT2D eigenvalue weighted by Crippen LogP contribution is 2.51. The van der Waals surface area contributed by atoms with Gasteiger partial charge in [-0.05, 0) is 33.2 Å². The molecule has 0 N–H and O–H groups in total. The molecule has 4 aliphatic rings. The Labute approximate surface area is 193 Å². The Bertz CT molecular complexity index is 1110. The number of furan rings is 1. The van der Waals surface area contributed by atoms with Gasteiger partial charge in [-0.15, -0.1) is 0 Å². The van der Waals surface area contributed by atoms with E-state index in [1.54, 1.807) is 32.0 Å². The maximum Gasteiger partial charge on any atom is 0.433 e. The highest BCUT2D eigenvalue weighted by Gasteiger charge is 2.65. The number of fused-ring (bicyclic) bond motifs is 4. The first-order valence-corrected chi connectivity index (χ1v) is 10.9. The van der Waals surface area contributed by atoms with E-state index in [1.165, 1.54) is 0 Å². The van der Waals surface area contributed by atoms with Crippen LogP contribution in [0.25, 0.3) is 0 Å². The Balaban J connectivity index is 1.52. The Morgan fingerprint density at radius 1 is 1.26 bits per heavy atom. The van der Waals surface area contributed by atoms with Gasteiger partial charge in [0.2, 0.25) is 5.76 Å². The molecule has 12 nitrogen and oxygen atoms in total. The first kappa shape index (κ1) is 22.5. The van der Waals surface area contributed by atoms with Crippen molar-refractivity contribution in [3.05, 3.63) is 39.7 Å². The number of hydrogen-bond donors (Lipinski definition) is 0. The fourth-order valence-corrected chi connectivity index (χ4v) is 5.36. The van der Waals surface area contributed by atoms with Crippen LogP contribution in [0, 0.1) is 22.0 Å². The Morgan fingerprint density at radius 3 is 2.65 bits per heavy atom. The van der Waals surface area contributed by atoms with Gasteiger partial charge in [0.1, 0.15) is 23.2 Å². The third-order valence-electron chi connectivity index (χ3n) is 7.10. The fourth-order valence-electron chi connectivity index (χ4n) is 5.36. The Hall–Kier alpha value is -3.25. The minimum atomic E-state index is -0.972. The van der Waals surface area contributed by atoms with E-state index in [1.807, 2.05) is 6.92 Å². The summed E-state index contributed by atoms with van der Waals surface area (Å²) in [6.07, 6.45) is -0.802. The molecule has 0 saturated carbocycles. The number of ether oxygens (including phenoxy) is 4. The molecule has 1 aliphatic carbocycles. The number of epoxide rings is 1. The first-order chi connectivity index (χ1) is 16.0. The molecule has 34 heavy (non-hydrogen) atoms. The molecule has 1 unspecified atom stereocenters. The van der Waals surface area contributed by atoms with Crippen LogP contribution >= 0.6 is 0 Å². The van der Waals surface area contributed by atoms with Crippen LogP contribution in [0.15, 0.2) is 28.2 Å². The van der Waals surface area contributed by atoms with E-state index in [4.69, 9.17) is 23.4 Å². The highest BCUT2D eigenvalue weighted by atomic mass is 16.7. The van der Waals surface area contributed by atoms with E-state index in [2.05, 4.69) is 0 Å². The van der Waals surface area contributed by atoms with Crippen LogP contribution in [0.2, 0.25) is 0 Å². The van der Waals surface area contributed by atoms with Gasteiger partial charge in [-0.25, -0.2) is 9.59 Å². The van der Waals surface area contributed by atoms with E-state index >= 15 is 0 Å². The largest absolute Gasteiger partial charge is 0.462 e. The normalized spacial score (nSPS) is 38.4. The third kappa shape index (κ3) is 3.48. The molecule has 0 spiro atoms. The van der Waals surface area contributed by atoms with Crippen LogP contribution in [-0.4, -0.2) is 77.9 Å².